The van der Waals surface area contributed by atoms with E-state index in [1.165, 1.54) is 11.9 Å². The normalized spacial score (nSPS) is 26.9. The fourth-order valence-electron chi connectivity index (χ4n) is 2.65. The Balaban J connectivity index is 2.06. The van der Waals surface area contributed by atoms with E-state index in [1.807, 2.05) is 4.57 Å². The van der Waals surface area contributed by atoms with E-state index in [-0.39, 0.29) is 18.1 Å². The van der Waals surface area contributed by atoms with Gasteiger partial charge in [-0.05, 0) is 13.3 Å². The van der Waals surface area contributed by atoms with Crippen molar-refractivity contribution >= 4 is 17.0 Å². The van der Waals surface area contributed by atoms with Crippen molar-refractivity contribution in [2.24, 2.45) is 5.41 Å². The van der Waals surface area contributed by atoms with Crippen LogP contribution >= 0.6 is 0 Å². The Labute approximate surface area is 111 Å². The van der Waals surface area contributed by atoms with Crippen LogP contribution in [-0.4, -0.2) is 31.2 Å². The topological polar surface area (TPSA) is 89.9 Å². The van der Waals surface area contributed by atoms with Crippen LogP contribution in [0.4, 0.5) is 5.82 Å². The van der Waals surface area contributed by atoms with E-state index in [0.29, 0.717) is 11.3 Å². The third kappa shape index (κ3) is 1.71. The van der Waals surface area contributed by atoms with Crippen molar-refractivity contribution in [3.63, 3.8) is 0 Å². The van der Waals surface area contributed by atoms with Gasteiger partial charge in [0.15, 0.2) is 11.5 Å². The number of hydrogen-bond acceptors (Lipinski definition) is 5. The highest BCUT2D eigenvalue weighted by molar-refractivity contribution is 5.81. The van der Waals surface area contributed by atoms with Gasteiger partial charge in [0.05, 0.1) is 19.0 Å². The van der Waals surface area contributed by atoms with Crippen LogP contribution < -0.4 is 5.73 Å². The molecule has 19 heavy (non-hydrogen) atoms. The minimum atomic E-state index is -0.167. The van der Waals surface area contributed by atoms with E-state index in [1.54, 1.807) is 6.33 Å². The molecule has 0 aliphatic heterocycles. The maximum absolute atomic E-state index is 9.56. The van der Waals surface area contributed by atoms with E-state index in [4.69, 9.17) is 5.73 Å². The lowest BCUT2D eigenvalue weighted by Crippen LogP contribution is -2.21. The summed E-state index contributed by atoms with van der Waals surface area (Å²) in [4.78, 5) is 12.5. The number of fused-ring (bicyclic) bond motifs is 1. The molecule has 0 spiro atoms. The standard InChI is InChI=1S/C13H17N5O/c1-8-3-9(4-13(8,2)5-19)18-7-17-10-11(14)15-6-16-12(10)18/h3,6-7,9,19H,4-5H2,1-2H3,(H2,14,15,16)/t9-,13+/m0/s1. The first-order valence-electron chi connectivity index (χ1n) is 6.28. The highest BCUT2D eigenvalue weighted by atomic mass is 16.3. The quantitative estimate of drug-likeness (QED) is 0.793. The summed E-state index contributed by atoms with van der Waals surface area (Å²) >= 11 is 0. The van der Waals surface area contributed by atoms with Gasteiger partial charge < -0.3 is 15.4 Å². The minimum Gasteiger partial charge on any atom is -0.395 e. The second-order valence-electron chi connectivity index (χ2n) is 5.42. The molecule has 2 aromatic heterocycles. The zero-order chi connectivity index (χ0) is 13.6. The Bertz CT molecular complexity index is 662. The lowest BCUT2D eigenvalue weighted by Gasteiger charge is -2.24. The average Bonchev–Trinajstić information content (AvgIpc) is 2.94. The summed E-state index contributed by atoms with van der Waals surface area (Å²) in [5.41, 5.74) is 8.19. The number of nitrogens with zero attached hydrogens (tertiary/aromatic N) is 4. The van der Waals surface area contributed by atoms with E-state index < -0.39 is 0 Å². The lowest BCUT2D eigenvalue weighted by molar-refractivity contribution is 0.166. The molecule has 0 radical (unpaired) electrons. The second-order valence-corrected chi connectivity index (χ2v) is 5.42. The Morgan fingerprint density at radius 2 is 2.26 bits per heavy atom. The molecule has 6 heteroatoms. The molecule has 0 bridgehead atoms. The third-order valence-corrected chi connectivity index (χ3v) is 4.15. The van der Waals surface area contributed by atoms with Crippen molar-refractivity contribution in [3.05, 3.63) is 24.3 Å². The predicted molar refractivity (Wildman–Crippen MR) is 72.3 cm³/mol. The minimum absolute atomic E-state index is 0.148. The molecule has 1 aliphatic carbocycles. The van der Waals surface area contributed by atoms with E-state index >= 15 is 0 Å². The fourth-order valence-corrected chi connectivity index (χ4v) is 2.65. The summed E-state index contributed by atoms with van der Waals surface area (Å²) in [5.74, 6) is 0.396. The molecule has 2 atom stereocenters. The number of rotatable bonds is 2. The number of allylic oxidation sites excluding steroid dienone is 1. The molecule has 0 aromatic carbocycles. The summed E-state index contributed by atoms with van der Waals surface area (Å²) in [6.45, 7) is 4.27. The van der Waals surface area contributed by atoms with E-state index in [2.05, 4.69) is 34.9 Å². The molecular weight excluding hydrogens is 242 g/mol. The van der Waals surface area contributed by atoms with Gasteiger partial charge in [0.1, 0.15) is 11.8 Å². The van der Waals surface area contributed by atoms with E-state index in [0.717, 1.165) is 12.1 Å². The maximum Gasteiger partial charge on any atom is 0.165 e. The number of aromatic nitrogens is 4. The van der Waals surface area contributed by atoms with Crippen LogP contribution in [0.3, 0.4) is 0 Å². The van der Waals surface area contributed by atoms with Crippen molar-refractivity contribution < 1.29 is 5.11 Å². The number of imidazole rings is 1. The molecule has 100 valence electrons. The van der Waals surface area contributed by atoms with Gasteiger partial charge in [-0.2, -0.15) is 0 Å². The van der Waals surface area contributed by atoms with Gasteiger partial charge in [0.2, 0.25) is 0 Å². The van der Waals surface area contributed by atoms with Crippen molar-refractivity contribution in [1.29, 1.82) is 0 Å². The van der Waals surface area contributed by atoms with Crippen LogP contribution in [0.2, 0.25) is 0 Å². The number of anilines is 1. The summed E-state index contributed by atoms with van der Waals surface area (Å²) in [6.07, 6.45) is 6.19. The van der Waals surface area contributed by atoms with Gasteiger partial charge in [-0.3, -0.25) is 0 Å². The SMILES string of the molecule is CC1=C[C@H](n2cnc3c(N)ncnc32)C[C@]1(C)CO. The van der Waals surface area contributed by atoms with Gasteiger partial charge in [0.25, 0.3) is 0 Å². The second kappa shape index (κ2) is 4.03. The largest absolute Gasteiger partial charge is 0.395 e. The first-order valence-corrected chi connectivity index (χ1v) is 6.28. The van der Waals surface area contributed by atoms with Crippen molar-refractivity contribution in [3.8, 4) is 0 Å². The number of aliphatic hydroxyl groups is 1. The molecule has 6 nitrogen and oxygen atoms in total. The summed E-state index contributed by atoms with van der Waals surface area (Å²) in [6, 6.07) is 0.149. The summed E-state index contributed by atoms with van der Waals surface area (Å²) < 4.78 is 2.00. The van der Waals surface area contributed by atoms with Crippen LogP contribution in [0.1, 0.15) is 26.3 Å². The Morgan fingerprint density at radius 3 is 2.95 bits per heavy atom. The Kier molecular flexibility index (Phi) is 2.56. The molecule has 2 aromatic rings. The highest BCUT2D eigenvalue weighted by Gasteiger charge is 2.35. The summed E-state index contributed by atoms with van der Waals surface area (Å²) in [5, 5.41) is 9.56. The molecular formula is C13H17N5O. The molecule has 3 rings (SSSR count). The van der Waals surface area contributed by atoms with Crippen LogP contribution in [0, 0.1) is 5.41 Å². The number of nitrogens with two attached hydrogens (primary N) is 1. The van der Waals surface area contributed by atoms with Crippen LogP contribution in [-0.2, 0) is 0 Å². The van der Waals surface area contributed by atoms with Crippen LogP contribution in [0.5, 0.6) is 0 Å². The van der Waals surface area contributed by atoms with Gasteiger partial charge in [0, 0.05) is 5.41 Å². The zero-order valence-electron chi connectivity index (χ0n) is 11.0. The molecule has 0 amide bonds. The smallest absolute Gasteiger partial charge is 0.165 e. The van der Waals surface area contributed by atoms with Crippen LogP contribution in [0.15, 0.2) is 24.3 Å². The Hall–Kier alpha value is -1.95. The van der Waals surface area contributed by atoms with Gasteiger partial charge in [-0.25, -0.2) is 15.0 Å². The van der Waals surface area contributed by atoms with E-state index in [9.17, 15) is 5.11 Å². The monoisotopic (exact) mass is 259 g/mol. The molecule has 0 saturated carbocycles. The highest BCUT2D eigenvalue weighted by Crippen LogP contribution is 2.43. The van der Waals surface area contributed by atoms with Gasteiger partial charge >= 0.3 is 0 Å². The first kappa shape index (κ1) is 12.1. The number of nitrogen functional groups attached to an aromatic ring is 1. The first-order chi connectivity index (χ1) is 9.05. The number of aliphatic hydroxyl groups excluding tert-OH is 1. The molecule has 2 heterocycles. The van der Waals surface area contributed by atoms with Gasteiger partial charge in [-0.1, -0.05) is 18.6 Å². The number of hydrogen-bond donors (Lipinski definition) is 2. The average molecular weight is 259 g/mol. The fraction of sp³-hybridized carbons (Fsp3) is 0.462. The van der Waals surface area contributed by atoms with Crippen molar-refractivity contribution in [2.75, 3.05) is 12.3 Å². The molecule has 1 aliphatic rings. The van der Waals surface area contributed by atoms with Crippen LogP contribution in [0.25, 0.3) is 11.2 Å². The summed E-state index contributed by atoms with van der Waals surface area (Å²) in [7, 11) is 0. The Morgan fingerprint density at radius 1 is 1.47 bits per heavy atom. The third-order valence-electron chi connectivity index (χ3n) is 4.15. The molecule has 0 saturated heterocycles. The van der Waals surface area contributed by atoms with Crippen molar-refractivity contribution in [2.45, 2.75) is 26.3 Å². The zero-order valence-corrected chi connectivity index (χ0v) is 11.0. The molecule has 3 N–H and O–H groups in total. The maximum atomic E-state index is 9.56. The van der Waals surface area contributed by atoms with Gasteiger partial charge in [-0.15, -0.1) is 0 Å². The molecule has 0 fully saturated rings. The lowest BCUT2D eigenvalue weighted by atomic mass is 9.85. The molecule has 0 unspecified atom stereocenters. The predicted octanol–water partition coefficient (Wildman–Crippen LogP) is 1.30. The van der Waals surface area contributed by atoms with Crippen molar-refractivity contribution in [1.82, 2.24) is 19.5 Å².